The molecule has 1 aromatic carbocycles. The van der Waals surface area contributed by atoms with Gasteiger partial charge in [0.05, 0.1) is 24.3 Å². The normalized spacial score (nSPS) is 11.5. The van der Waals surface area contributed by atoms with Crippen molar-refractivity contribution >= 4 is 29.1 Å². The van der Waals surface area contributed by atoms with Crippen molar-refractivity contribution in [2.24, 2.45) is 0 Å². The Morgan fingerprint density at radius 1 is 1.23 bits per heavy atom. The van der Waals surface area contributed by atoms with E-state index in [0.29, 0.717) is 10.7 Å². The fourth-order valence-electron chi connectivity index (χ4n) is 2.03. The van der Waals surface area contributed by atoms with E-state index in [4.69, 9.17) is 11.6 Å². The molecule has 0 aliphatic rings. The second-order valence-corrected chi connectivity index (χ2v) is 5.24. The average Bonchev–Trinajstić information content (AvgIpc) is 2.48. The number of benzene rings is 1. The Labute approximate surface area is 133 Å². The number of anilines is 1. The smallest absolute Gasteiger partial charge is 0.226 e. The first kappa shape index (κ1) is 16.0. The topological polar surface area (TPSA) is 71.1 Å². The van der Waals surface area contributed by atoms with Gasteiger partial charge in [-0.1, -0.05) is 23.7 Å². The lowest BCUT2D eigenvalue weighted by Gasteiger charge is -2.18. The van der Waals surface area contributed by atoms with Crippen molar-refractivity contribution in [3.8, 4) is 0 Å². The van der Waals surface area contributed by atoms with Crippen LogP contribution in [0.25, 0.3) is 0 Å². The Bertz CT molecular complexity index is 644. The van der Waals surface area contributed by atoms with Gasteiger partial charge < -0.3 is 10.6 Å². The summed E-state index contributed by atoms with van der Waals surface area (Å²) in [5, 5.41) is 6.12. The van der Waals surface area contributed by atoms with Gasteiger partial charge in [0.2, 0.25) is 11.8 Å². The zero-order valence-electron chi connectivity index (χ0n) is 12.0. The third kappa shape index (κ3) is 4.86. The number of carbonyl (C=O) groups excluding carboxylic acids is 2. The van der Waals surface area contributed by atoms with Crippen molar-refractivity contribution in [3.05, 3.63) is 59.4 Å². The maximum absolute atomic E-state index is 12.1. The third-order valence-corrected chi connectivity index (χ3v) is 3.24. The number of halogens is 1. The largest absolute Gasteiger partial charge is 0.349 e. The number of aromatic nitrogens is 1. The Balaban J connectivity index is 2.07. The second kappa shape index (κ2) is 7.56. The molecule has 2 amide bonds. The summed E-state index contributed by atoms with van der Waals surface area (Å²) in [5.74, 6) is -0.407. The van der Waals surface area contributed by atoms with Crippen molar-refractivity contribution in [1.82, 2.24) is 10.3 Å². The monoisotopic (exact) mass is 317 g/mol. The van der Waals surface area contributed by atoms with Crippen LogP contribution in [0.4, 0.5) is 5.69 Å². The van der Waals surface area contributed by atoms with E-state index in [1.807, 2.05) is 0 Å². The van der Waals surface area contributed by atoms with E-state index in [1.165, 1.54) is 6.92 Å². The van der Waals surface area contributed by atoms with Gasteiger partial charge in [0.1, 0.15) is 0 Å². The van der Waals surface area contributed by atoms with Gasteiger partial charge in [-0.25, -0.2) is 0 Å². The minimum absolute atomic E-state index is 0.121. The molecule has 1 heterocycles. The first-order chi connectivity index (χ1) is 10.5. The molecule has 0 radical (unpaired) electrons. The van der Waals surface area contributed by atoms with Crippen LogP contribution in [0.15, 0.2) is 48.8 Å². The van der Waals surface area contributed by atoms with E-state index in [-0.39, 0.29) is 18.2 Å². The zero-order chi connectivity index (χ0) is 15.9. The molecule has 2 N–H and O–H groups in total. The van der Waals surface area contributed by atoms with E-state index in [0.717, 1.165) is 5.56 Å². The Morgan fingerprint density at radius 2 is 1.95 bits per heavy atom. The predicted molar refractivity (Wildman–Crippen MR) is 85.5 cm³/mol. The van der Waals surface area contributed by atoms with Crippen molar-refractivity contribution in [3.63, 3.8) is 0 Å². The standard InChI is InChI=1S/C16H16ClN3O2/c1-11(21)19-15(12-4-6-13(17)7-5-12)9-16(22)20-14-3-2-8-18-10-14/h2-8,10,15H,9H2,1H3,(H,19,21)(H,20,22). The summed E-state index contributed by atoms with van der Waals surface area (Å²) in [5.41, 5.74) is 1.44. The molecule has 0 fully saturated rings. The van der Waals surface area contributed by atoms with Crippen LogP contribution in [-0.4, -0.2) is 16.8 Å². The van der Waals surface area contributed by atoms with Crippen LogP contribution in [0.1, 0.15) is 24.9 Å². The van der Waals surface area contributed by atoms with Gasteiger partial charge in [0, 0.05) is 18.1 Å². The molecule has 1 atom stereocenters. The molecule has 0 spiro atoms. The highest BCUT2D eigenvalue weighted by Gasteiger charge is 2.17. The van der Waals surface area contributed by atoms with Crippen molar-refractivity contribution in [2.45, 2.75) is 19.4 Å². The minimum Gasteiger partial charge on any atom is -0.349 e. The summed E-state index contributed by atoms with van der Waals surface area (Å²) in [6.07, 6.45) is 3.31. The fraction of sp³-hybridized carbons (Fsp3) is 0.188. The van der Waals surface area contributed by atoms with E-state index in [9.17, 15) is 9.59 Å². The van der Waals surface area contributed by atoms with Crippen LogP contribution in [0, 0.1) is 0 Å². The summed E-state index contributed by atoms with van der Waals surface area (Å²) >= 11 is 5.86. The highest BCUT2D eigenvalue weighted by molar-refractivity contribution is 6.30. The molecular formula is C16H16ClN3O2. The molecule has 2 aromatic rings. The maximum Gasteiger partial charge on any atom is 0.226 e. The molecule has 0 aliphatic carbocycles. The van der Waals surface area contributed by atoms with Crippen molar-refractivity contribution in [2.75, 3.05) is 5.32 Å². The number of nitrogens with zero attached hydrogens (tertiary/aromatic N) is 1. The van der Waals surface area contributed by atoms with Crippen molar-refractivity contribution < 1.29 is 9.59 Å². The van der Waals surface area contributed by atoms with Crippen molar-refractivity contribution in [1.29, 1.82) is 0 Å². The molecule has 1 aromatic heterocycles. The van der Waals surface area contributed by atoms with Gasteiger partial charge in [0.25, 0.3) is 0 Å². The molecule has 0 saturated heterocycles. The summed E-state index contributed by atoms with van der Waals surface area (Å²) < 4.78 is 0. The van der Waals surface area contributed by atoms with E-state index in [1.54, 1.807) is 48.8 Å². The van der Waals surface area contributed by atoms with E-state index in [2.05, 4.69) is 15.6 Å². The molecule has 0 aliphatic heterocycles. The first-order valence-corrected chi connectivity index (χ1v) is 7.15. The van der Waals surface area contributed by atoms with Gasteiger partial charge in [-0.2, -0.15) is 0 Å². The predicted octanol–water partition coefficient (Wildman–Crippen LogP) is 2.94. The second-order valence-electron chi connectivity index (χ2n) is 4.80. The summed E-state index contributed by atoms with van der Waals surface area (Å²) in [6.45, 7) is 1.42. The number of rotatable bonds is 5. The Morgan fingerprint density at radius 3 is 2.55 bits per heavy atom. The number of hydrogen-bond acceptors (Lipinski definition) is 3. The number of carbonyl (C=O) groups is 2. The number of pyridine rings is 1. The lowest BCUT2D eigenvalue weighted by atomic mass is 10.0. The molecule has 5 nitrogen and oxygen atoms in total. The van der Waals surface area contributed by atoms with Crippen LogP contribution in [-0.2, 0) is 9.59 Å². The lowest BCUT2D eigenvalue weighted by Crippen LogP contribution is -2.29. The Kier molecular flexibility index (Phi) is 5.49. The average molecular weight is 318 g/mol. The van der Waals surface area contributed by atoms with Crippen LogP contribution >= 0.6 is 11.6 Å². The number of nitrogens with one attached hydrogen (secondary N) is 2. The van der Waals surface area contributed by atoms with Gasteiger partial charge in [-0.15, -0.1) is 0 Å². The SMILES string of the molecule is CC(=O)NC(CC(=O)Nc1cccnc1)c1ccc(Cl)cc1. The van der Waals surface area contributed by atoms with Crippen LogP contribution in [0.3, 0.4) is 0 Å². The fourth-order valence-corrected chi connectivity index (χ4v) is 2.15. The zero-order valence-corrected chi connectivity index (χ0v) is 12.8. The van der Waals surface area contributed by atoms with Crippen LogP contribution < -0.4 is 10.6 Å². The van der Waals surface area contributed by atoms with Crippen LogP contribution in [0.5, 0.6) is 0 Å². The van der Waals surface area contributed by atoms with Gasteiger partial charge in [0.15, 0.2) is 0 Å². The molecule has 1 unspecified atom stereocenters. The lowest BCUT2D eigenvalue weighted by molar-refractivity contribution is -0.120. The quantitative estimate of drug-likeness (QED) is 0.890. The number of amides is 2. The van der Waals surface area contributed by atoms with Gasteiger partial charge in [-0.3, -0.25) is 14.6 Å². The molecule has 0 bridgehead atoms. The number of hydrogen-bond donors (Lipinski definition) is 2. The molecule has 6 heteroatoms. The molecular weight excluding hydrogens is 302 g/mol. The minimum atomic E-state index is -0.411. The molecule has 2 rings (SSSR count). The first-order valence-electron chi connectivity index (χ1n) is 6.77. The maximum atomic E-state index is 12.1. The van der Waals surface area contributed by atoms with E-state index >= 15 is 0 Å². The third-order valence-electron chi connectivity index (χ3n) is 2.98. The van der Waals surface area contributed by atoms with Crippen LogP contribution in [0.2, 0.25) is 5.02 Å². The summed E-state index contributed by atoms with van der Waals surface area (Å²) in [6, 6.07) is 10.1. The van der Waals surface area contributed by atoms with Gasteiger partial charge >= 0.3 is 0 Å². The Hall–Kier alpha value is -2.40. The highest BCUT2D eigenvalue weighted by Crippen LogP contribution is 2.20. The summed E-state index contributed by atoms with van der Waals surface area (Å²) in [7, 11) is 0. The van der Waals surface area contributed by atoms with E-state index < -0.39 is 6.04 Å². The molecule has 114 valence electrons. The summed E-state index contributed by atoms with van der Waals surface area (Å²) in [4.78, 5) is 27.4. The molecule has 22 heavy (non-hydrogen) atoms. The molecule has 0 saturated carbocycles. The highest BCUT2D eigenvalue weighted by atomic mass is 35.5. The van der Waals surface area contributed by atoms with Gasteiger partial charge in [-0.05, 0) is 29.8 Å².